The molecule has 1 aliphatic rings. The van der Waals surface area contributed by atoms with Gasteiger partial charge in [0.25, 0.3) is 5.56 Å². The second kappa shape index (κ2) is 7.40. The molecule has 1 amide bonds. The number of pyridine rings is 1. The summed E-state index contributed by atoms with van der Waals surface area (Å²) in [5, 5.41) is 2.70. The maximum Gasteiger partial charge on any atom is 0.433 e. The number of hydrogen-bond acceptors (Lipinski definition) is 4. The number of fused-ring (bicyclic) bond motifs is 1. The van der Waals surface area contributed by atoms with Gasteiger partial charge in [0.05, 0.1) is 5.39 Å². The van der Waals surface area contributed by atoms with E-state index in [0.717, 1.165) is 40.9 Å². The van der Waals surface area contributed by atoms with E-state index in [2.05, 4.69) is 10.3 Å². The third kappa shape index (κ3) is 3.81. The average Bonchev–Trinajstić information content (AvgIpc) is 2.64. The van der Waals surface area contributed by atoms with Gasteiger partial charge in [-0.1, -0.05) is 19.8 Å². The fraction of sp³-hybridized carbons (Fsp3) is 0.556. The van der Waals surface area contributed by atoms with E-state index in [-0.39, 0.29) is 17.1 Å². The molecule has 1 fully saturated rings. The lowest BCUT2D eigenvalue weighted by Crippen LogP contribution is -2.47. The number of halogens is 3. The maximum atomic E-state index is 12.9. The van der Waals surface area contributed by atoms with Crippen molar-refractivity contribution in [1.82, 2.24) is 19.4 Å². The summed E-state index contributed by atoms with van der Waals surface area (Å²) < 4.78 is 40.2. The van der Waals surface area contributed by atoms with Crippen molar-refractivity contribution in [2.45, 2.75) is 51.4 Å². The summed E-state index contributed by atoms with van der Waals surface area (Å²) in [4.78, 5) is 40.9. The molecule has 0 aliphatic heterocycles. The van der Waals surface area contributed by atoms with Crippen LogP contribution in [0.4, 0.5) is 13.2 Å². The summed E-state index contributed by atoms with van der Waals surface area (Å²) in [6.07, 6.45) is -0.765. The molecule has 3 rings (SSSR count). The molecule has 2 heterocycles. The van der Waals surface area contributed by atoms with E-state index in [9.17, 15) is 27.6 Å². The highest BCUT2D eigenvalue weighted by atomic mass is 19.4. The second-order valence-corrected chi connectivity index (χ2v) is 7.23. The Morgan fingerprint density at radius 2 is 1.93 bits per heavy atom. The molecule has 10 heteroatoms. The van der Waals surface area contributed by atoms with Gasteiger partial charge in [0.15, 0.2) is 0 Å². The minimum Gasteiger partial charge on any atom is -0.352 e. The molecule has 0 aromatic carbocycles. The molecular weight excluding hydrogens is 377 g/mol. The van der Waals surface area contributed by atoms with Gasteiger partial charge in [0, 0.05) is 13.1 Å². The Hall–Kier alpha value is -2.65. The topological polar surface area (TPSA) is 86.0 Å². The predicted molar refractivity (Wildman–Crippen MR) is 95.8 cm³/mol. The largest absolute Gasteiger partial charge is 0.433 e. The molecule has 7 nitrogen and oxygen atoms in total. The summed E-state index contributed by atoms with van der Waals surface area (Å²) in [7, 11) is 1.22. The van der Waals surface area contributed by atoms with Crippen molar-refractivity contribution in [3.63, 3.8) is 0 Å². The van der Waals surface area contributed by atoms with E-state index in [1.165, 1.54) is 7.05 Å². The van der Waals surface area contributed by atoms with Gasteiger partial charge < -0.3 is 5.32 Å². The van der Waals surface area contributed by atoms with E-state index in [0.29, 0.717) is 12.0 Å². The van der Waals surface area contributed by atoms with Crippen LogP contribution in [-0.2, 0) is 24.6 Å². The van der Waals surface area contributed by atoms with Gasteiger partial charge in [-0.3, -0.25) is 18.7 Å². The van der Waals surface area contributed by atoms with E-state index >= 15 is 0 Å². The van der Waals surface area contributed by atoms with Crippen LogP contribution >= 0.6 is 0 Å². The number of nitrogens with zero attached hydrogens (tertiary/aromatic N) is 3. The SMILES string of the molecule is CC1CCCCC1NC(=O)Cn1c(=O)c2ccc(C(F)(F)F)nc2n(C)c1=O. The van der Waals surface area contributed by atoms with Crippen molar-refractivity contribution in [2.24, 2.45) is 13.0 Å². The molecule has 2 atom stereocenters. The molecule has 2 unspecified atom stereocenters. The predicted octanol–water partition coefficient (Wildman–Crippen LogP) is 1.81. The molecule has 2 aromatic heterocycles. The first kappa shape index (κ1) is 20.1. The highest BCUT2D eigenvalue weighted by molar-refractivity contribution is 5.77. The lowest BCUT2D eigenvalue weighted by atomic mass is 9.86. The van der Waals surface area contributed by atoms with Crippen molar-refractivity contribution in [3.8, 4) is 0 Å². The van der Waals surface area contributed by atoms with Crippen LogP contribution < -0.4 is 16.6 Å². The van der Waals surface area contributed by atoms with Gasteiger partial charge >= 0.3 is 11.9 Å². The quantitative estimate of drug-likeness (QED) is 0.855. The molecule has 1 aliphatic carbocycles. The van der Waals surface area contributed by atoms with E-state index < -0.39 is 35.6 Å². The minimum absolute atomic E-state index is 0.0164. The van der Waals surface area contributed by atoms with Crippen molar-refractivity contribution in [3.05, 3.63) is 38.7 Å². The van der Waals surface area contributed by atoms with Crippen LogP contribution in [0, 0.1) is 5.92 Å². The van der Waals surface area contributed by atoms with Gasteiger partial charge in [-0.25, -0.2) is 9.78 Å². The van der Waals surface area contributed by atoms with Crippen LogP contribution in [0.2, 0.25) is 0 Å². The zero-order valence-corrected chi connectivity index (χ0v) is 15.5. The number of hydrogen-bond donors (Lipinski definition) is 1. The Labute approximate surface area is 158 Å². The number of amides is 1. The van der Waals surface area contributed by atoms with E-state index in [1.807, 2.05) is 6.92 Å². The highest BCUT2D eigenvalue weighted by Gasteiger charge is 2.33. The number of nitrogens with one attached hydrogen (secondary N) is 1. The van der Waals surface area contributed by atoms with Crippen LogP contribution in [0.25, 0.3) is 11.0 Å². The van der Waals surface area contributed by atoms with Crippen LogP contribution in [0.1, 0.15) is 38.3 Å². The Morgan fingerprint density at radius 1 is 1.25 bits per heavy atom. The number of aromatic nitrogens is 3. The molecule has 2 aromatic rings. The maximum absolute atomic E-state index is 12.9. The number of carbonyl (C=O) groups is 1. The molecule has 1 N–H and O–H groups in total. The zero-order chi connectivity index (χ0) is 20.6. The normalized spacial score (nSPS) is 20.3. The third-order valence-corrected chi connectivity index (χ3v) is 5.24. The average molecular weight is 398 g/mol. The van der Waals surface area contributed by atoms with E-state index in [4.69, 9.17) is 0 Å². The monoisotopic (exact) mass is 398 g/mol. The number of aryl methyl sites for hydroxylation is 1. The van der Waals surface area contributed by atoms with Gasteiger partial charge in [-0.05, 0) is 30.9 Å². The summed E-state index contributed by atoms with van der Waals surface area (Å²) in [5.74, 6) is -0.170. The number of carbonyl (C=O) groups excluding carboxylic acids is 1. The molecule has 0 saturated heterocycles. The molecule has 1 saturated carbocycles. The first-order valence-electron chi connectivity index (χ1n) is 9.06. The summed E-state index contributed by atoms with van der Waals surface area (Å²) >= 11 is 0. The Kier molecular flexibility index (Phi) is 5.31. The van der Waals surface area contributed by atoms with Crippen LogP contribution in [0.15, 0.2) is 21.7 Å². The zero-order valence-electron chi connectivity index (χ0n) is 15.5. The van der Waals surface area contributed by atoms with Gasteiger partial charge in [0.2, 0.25) is 5.91 Å². The number of rotatable bonds is 3. The Bertz CT molecular complexity index is 1030. The smallest absolute Gasteiger partial charge is 0.352 e. The fourth-order valence-electron chi connectivity index (χ4n) is 3.60. The van der Waals surface area contributed by atoms with Crippen LogP contribution in [0.3, 0.4) is 0 Å². The molecule has 152 valence electrons. The lowest BCUT2D eigenvalue weighted by molar-refractivity contribution is -0.141. The minimum atomic E-state index is -4.70. The molecule has 28 heavy (non-hydrogen) atoms. The van der Waals surface area contributed by atoms with Gasteiger partial charge in [-0.2, -0.15) is 13.2 Å². The van der Waals surface area contributed by atoms with Gasteiger partial charge in [0.1, 0.15) is 17.9 Å². The first-order chi connectivity index (χ1) is 13.1. The standard InChI is InChI=1S/C18H21F3N4O3/c1-10-5-3-4-6-12(10)22-14(26)9-25-16(27)11-7-8-13(18(19,20)21)23-15(11)24(2)17(25)28/h7-8,10,12H,3-6,9H2,1-2H3,(H,22,26). The van der Waals surface area contributed by atoms with Crippen molar-refractivity contribution < 1.29 is 18.0 Å². The fourth-order valence-corrected chi connectivity index (χ4v) is 3.60. The highest BCUT2D eigenvalue weighted by Crippen LogP contribution is 2.28. The lowest BCUT2D eigenvalue weighted by Gasteiger charge is -2.29. The van der Waals surface area contributed by atoms with E-state index in [1.54, 1.807) is 0 Å². The second-order valence-electron chi connectivity index (χ2n) is 7.23. The van der Waals surface area contributed by atoms with Crippen molar-refractivity contribution in [2.75, 3.05) is 0 Å². The van der Waals surface area contributed by atoms with Gasteiger partial charge in [-0.15, -0.1) is 0 Å². The molecule has 0 spiro atoms. The van der Waals surface area contributed by atoms with Crippen molar-refractivity contribution in [1.29, 1.82) is 0 Å². The summed E-state index contributed by atoms with van der Waals surface area (Å²) in [6, 6.07) is 1.64. The van der Waals surface area contributed by atoms with Crippen LogP contribution in [0.5, 0.6) is 0 Å². The van der Waals surface area contributed by atoms with Crippen LogP contribution in [-0.4, -0.2) is 26.1 Å². The summed E-state index contributed by atoms with van der Waals surface area (Å²) in [6.45, 7) is 1.54. The molecule has 0 bridgehead atoms. The molecular formula is C18H21F3N4O3. The Balaban J connectivity index is 1.95. The van der Waals surface area contributed by atoms with Crippen molar-refractivity contribution >= 4 is 16.9 Å². The third-order valence-electron chi connectivity index (χ3n) is 5.24. The number of alkyl halides is 3. The Morgan fingerprint density at radius 3 is 2.57 bits per heavy atom. The summed E-state index contributed by atoms with van der Waals surface area (Å²) in [5.41, 5.74) is -3.30. The first-order valence-corrected chi connectivity index (χ1v) is 9.06. The molecule has 0 radical (unpaired) electrons.